The van der Waals surface area contributed by atoms with E-state index in [2.05, 4.69) is 6.92 Å². The summed E-state index contributed by atoms with van der Waals surface area (Å²) in [4.78, 5) is 0. The second-order valence-electron chi connectivity index (χ2n) is 5.96. The molecule has 1 nitrogen and oxygen atoms in total. The van der Waals surface area contributed by atoms with Crippen LogP contribution >= 0.6 is 0 Å². The third kappa shape index (κ3) is 8.97. The Morgan fingerprint density at radius 3 is 1.44 bits per heavy atom. The van der Waals surface area contributed by atoms with Gasteiger partial charge in [-0.2, -0.15) is 0 Å². The molecule has 18 heavy (non-hydrogen) atoms. The van der Waals surface area contributed by atoms with Crippen LogP contribution in [0.1, 0.15) is 96.8 Å². The van der Waals surface area contributed by atoms with Crippen molar-refractivity contribution in [2.24, 2.45) is 0 Å². The van der Waals surface area contributed by atoms with Crippen LogP contribution in [0.15, 0.2) is 0 Å². The lowest BCUT2D eigenvalue weighted by Crippen LogP contribution is -2.13. The van der Waals surface area contributed by atoms with E-state index in [1.54, 1.807) is 0 Å². The van der Waals surface area contributed by atoms with E-state index < -0.39 is 0 Å². The van der Waals surface area contributed by atoms with Crippen LogP contribution in [0.3, 0.4) is 0 Å². The van der Waals surface area contributed by atoms with Crippen LogP contribution in [0.2, 0.25) is 0 Å². The van der Waals surface area contributed by atoms with Crippen molar-refractivity contribution in [3.8, 4) is 0 Å². The molecule has 1 saturated carbocycles. The molecule has 0 unspecified atom stereocenters. The van der Waals surface area contributed by atoms with E-state index in [0.717, 1.165) is 13.0 Å². The maximum absolute atomic E-state index is 5.99. The summed E-state index contributed by atoms with van der Waals surface area (Å²) in [5.74, 6) is 0. The molecule has 0 aromatic rings. The van der Waals surface area contributed by atoms with Gasteiger partial charge in [0, 0.05) is 6.61 Å². The molecule has 0 N–H and O–H groups in total. The first kappa shape index (κ1) is 16.0. The van der Waals surface area contributed by atoms with Crippen molar-refractivity contribution in [2.45, 2.75) is 103 Å². The molecule has 1 aliphatic carbocycles. The van der Waals surface area contributed by atoms with Gasteiger partial charge in [-0.25, -0.2) is 0 Å². The highest BCUT2D eigenvalue weighted by Gasteiger charge is 2.08. The summed E-state index contributed by atoms with van der Waals surface area (Å²) in [5.41, 5.74) is 0. The molecule has 0 bridgehead atoms. The highest BCUT2D eigenvalue weighted by atomic mass is 16.5. The fraction of sp³-hybridized carbons (Fsp3) is 1.00. The third-order valence-corrected chi connectivity index (χ3v) is 4.11. The highest BCUT2D eigenvalue weighted by Crippen LogP contribution is 2.18. The highest BCUT2D eigenvalue weighted by molar-refractivity contribution is 4.61. The molecule has 0 heterocycles. The zero-order chi connectivity index (χ0) is 12.9. The molecule has 0 atom stereocenters. The number of rotatable bonds is 3. The summed E-state index contributed by atoms with van der Waals surface area (Å²) in [7, 11) is 0. The number of hydrogen-bond donors (Lipinski definition) is 0. The molecule has 108 valence electrons. The van der Waals surface area contributed by atoms with E-state index in [4.69, 9.17) is 4.74 Å². The number of ether oxygens (including phenoxy) is 1. The van der Waals surface area contributed by atoms with E-state index in [-0.39, 0.29) is 0 Å². The van der Waals surface area contributed by atoms with Gasteiger partial charge in [0.05, 0.1) is 6.10 Å². The van der Waals surface area contributed by atoms with Gasteiger partial charge >= 0.3 is 0 Å². The normalized spacial score (nSPS) is 22.5. The summed E-state index contributed by atoms with van der Waals surface area (Å²) >= 11 is 0. The Hall–Kier alpha value is -0.0400. The van der Waals surface area contributed by atoms with Crippen LogP contribution in [0.4, 0.5) is 0 Å². The van der Waals surface area contributed by atoms with E-state index in [1.165, 1.54) is 83.5 Å². The van der Waals surface area contributed by atoms with E-state index >= 15 is 0 Å². The van der Waals surface area contributed by atoms with Crippen LogP contribution in [0.25, 0.3) is 0 Å². The van der Waals surface area contributed by atoms with Gasteiger partial charge in [-0.1, -0.05) is 77.6 Å². The van der Waals surface area contributed by atoms with Crippen LogP contribution in [0, 0.1) is 0 Å². The lowest BCUT2D eigenvalue weighted by atomic mass is 9.99. The summed E-state index contributed by atoms with van der Waals surface area (Å²) in [6.45, 7) is 3.17. The Kier molecular flexibility index (Phi) is 10.7. The van der Waals surface area contributed by atoms with Gasteiger partial charge in [0.2, 0.25) is 0 Å². The first-order chi connectivity index (χ1) is 8.93. The molecule has 0 saturated heterocycles. The van der Waals surface area contributed by atoms with Crippen LogP contribution in [-0.2, 0) is 4.74 Å². The maximum Gasteiger partial charge on any atom is 0.0575 e. The topological polar surface area (TPSA) is 9.23 Å². The Bertz CT molecular complexity index is 153. The lowest BCUT2D eigenvalue weighted by Gasteiger charge is -2.18. The Balaban J connectivity index is 2.20. The lowest BCUT2D eigenvalue weighted by molar-refractivity contribution is 0.0385. The van der Waals surface area contributed by atoms with Crippen LogP contribution in [0.5, 0.6) is 0 Å². The largest absolute Gasteiger partial charge is 0.378 e. The van der Waals surface area contributed by atoms with Gasteiger partial charge in [0.1, 0.15) is 0 Å². The molecule has 0 spiro atoms. The predicted octanol–water partition coefficient (Wildman–Crippen LogP) is 5.87. The van der Waals surface area contributed by atoms with Gasteiger partial charge in [-0.15, -0.1) is 0 Å². The number of hydrogen-bond acceptors (Lipinski definition) is 1. The van der Waals surface area contributed by atoms with E-state index in [1.807, 2.05) is 0 Å². The fourth-order valence-corrected chi connectivity index (χ4v) is 2.93. The smallest absolute Gasteiger partial charge is 0.0575 e. The second-order valence-corrected chi connectivity index (χ2v) is 5.96. The van der Waals surface area contributed by atoms with Crippen LogP contribution < -0.4 is 0 Å². The molecule has 0 aromatic heterocycles. The quantitative estimate of drug-likeness (QED) is 0.612. The Morgan fingerprint density at radius 1 is 0.667 bits per heavy atom. The molecule has 0 amide bonds. The summed E-state index contributed by atoms with van der Waals surface area (Å²) in [6.07, 6.45) is 20.2. The molecule has 0 radical (unpaired) electrons. The van der Waals surface area contributed by atoms with Crippen molar-refractivity contribution < 1.29 is 4.74 Å². The predicted molar refractivity (Wildman–Crippen MR) is 80.1 cm³/mol. The first-order valence-corrected chi connectivity index (χ1v) is 8.55. The minimum Gasteiger partial charge on any atom is -0.378 e. The average Bonchev–Trinajstić information content (AvgIpc) is 2.39. The van der Waals surface area contributed by atoms with Gasteiger partial charge in [-0.05, 0) is 19.3 Å². The van der Waals surface area contributed by atoms with Crippen molar-refractivity contribution in [1.82, 2.24) is 0 Å². The molecule has 0 aromatic carbocycles. The van der Waals surface area contributed by atoms with Crippen molar-refractivity contribution in [3.63, 3.8) is 0 Å². The van der Waals surface area contributed by atoms with Gasteiger partial charge in [0.15, 0.2) is 0 Å². The molecular weight excluding hydrogens is 220 g/mol. The monoisotopic (exact) mass is 254 g/mol. The second kappa shape index (κ2) is 12.0. The van der Waals surface area contributed by atoms with Gasteiger partial charge in [-0.3, -0.25) is 0 Å². The minimum atomic E-state index is 0.563. The average molecular weight is 254 g/mol. The molecular formula is C17H34O. The fourth-order valence-electron chi connectivity index (χ4n) is 2.93. The zero-order valence-corrected chi connectivity index (χ0v) is 12.6. The van der Waals surface area contributed by atoms with E-state index in [9.17, 15) is 0 Å². The van der Waals surface area contributed by atoms with Crippen molar-refractivity contribution in [2.75, 3.05) is 6.61 Å². The molecule has 1 fully saturated rings. The van der Waals surface area contributed by atoms with Gasteiger partial charge < -0.3 is 4.74 Å². The Labute approximate surface area is 115 Å². The SMILES string of the molecule is CCCOC1CCCCCCCCCCCCC1. The van der Waals surface area contributed by atoms with Crippen LogP contribution in [-0.4, -0.2) is 12.7 Å². The summed E-state index contributed by atoms with van der Waals surface area (Å²) < 4.78 is 5.99. The molecule has 1 rings (SSSR count). The zero-order valence-electron chi connectivity index (χ0n) is 12.6. The van der Waals surface area contributed by atoms with Crippen molar-refractivity contribution >= 4 is 0 Å². The standard InChI is InChI=1S/C17H34O/c1-2-16-18-17-14-12-10-8-6-4-3-5-7-9-11-13-15-17/h17H,2-16H2,1H3. The molecule has 1 heteroatoms. The first-order valence-electron chi connectivity index (χ1n) is 8.55. The maximum atomic E-state index is 5.99. The third-order valence-electron chi connectivity index (χ3n) is 4.11. The van der Waals surface area contributed by atoms with Gasteiger partial charge in [0.25, 0.3) is 0 Å². The summed E-state index contributed by atoms with van der Waals surface area (Å²) in [5, 5.41) is 0. The van der Waals surface area contributed by atoms with Crippen molar-refractivity contribution in [1.29, 1.82) is 0 Å². The molecule has 1 aliphatic rings. The molecule has 0 aliphatic heterocycles. The minimum absolute atomic E-state index is 0.563. The summed E-state index contributed by atoms with van der Waals surface area (Å²) in [6, 6.07) is 0. The van der Waals surface area contributed by atoms with Crippen molar-refractivity contribution in [3.05, 3.63) is 0 Å². The Morgan fingerprint density at radius 2 is 1.06 bits per heavy atom. The van der Waals surface area contributed by atoms with E-state index in [0.29, 0.717) is 6.10 Å².